The highest BCUT2D eigenvalue weighted by molar-refractivity contribution is 8.14. The first kappa shape index (κ1) is 27.4. The molecule has 3 aromatic rings. The Hall–Kier alpha value is -3.22. The lowest BCUT2D eigenvalue weighted by molar-refractivity contribution is -0.108. The van der Waals surface area contributed by atoms with E-state index in [1.807, 2.05) is 48.5 Å². The van der Waals surface area contributed by atoms with Crippen molar-refractivity contribution in [3.8, 4) is 33.8 Å². The molecule has 0 spiro atoms. The molecular formula is C30H30O4S2. The Labute approximate surface area is 221 Å². The molecule has 0 atom stereocenters. The second kappa shape index (κ2) is 13.8. The Bertz CT molecular complexity index is 1100. The van der Waals surface area contributed by atoms with Crippen LogP contribution in [0, 0.1) is 0 Å². The summed E-state index contributed by atoms with van der Waals surface area (Å²) in [5, 5.41) is 0.00844. The van der Waals surface area contributed by atoms with E-state index in [0.717, 1.165) is 33.8 Å². The van der Waals surface area contributed by atoms with Gasteiger partial charge < -0.3 is 9.47 Å². The smallest absolute Gasteiger partial charge is 0.214 e. The van der Waals surface area contributed by atoms with Crippen molar-refractivity contribution in [1.29, 1.82) is 0 Å². The van der Waals surface area contributed by atoms with Crippen molar-refractivity contribution in [3.63, 3.8) is 0 Å². The van der Waals surface area contributed by atoms with Crippen LogP contribution in [0.3, 0.4) is 0 Å². The van der Waals surface area contributed by atoms with Crippen LogP contribution in [0.5, 0.6) is 11.5 Å². The standard InChI is InChI=1S/C30H30O4S2/c1-21(2)29(31)35-19-17-33-27-13-9-25(10-14-27)23-5-7-24(8-6-23)26-11-15-28(16-12-26)34-18-20-36-30(32)22(3)4/h5-16H,1,3,17-20H2,2,4H3. The SMILES string of the molecule is C=C(C)C(=O)SCCOc1ccc(-c2ccc(-c3ccc(OCCSC(=O)C(=C)C)cc3)cc2)cc1. The van der Waals surface area contributed by atoms with Gasteiger partial charge in [0.05, 0.1) is 13.2 Å². The third-order valence-electron chi connectivity index (χ3n) is 5.13. The number of carbonyl (C=O) groups excluding carboxylic acids is 2. The van der Waals surface area contributed by atoms with Gasteiger partial charge in [-0.2, -0.15) is 0 Å². The number of ether oxygens (including phenoxy) is 2. The second-order valence-electron chi connectivity index (χ2n) is 8.16. The molecule has 0 aromatic heterocycles. The Morgan fingerprint density at radius 3 is 1.14 bits per heavy atom. The molecule has 4 nitrogen and oxygen atoms in total. The molecule has 0 aliphatic heterocycles. The van der Waals surface area contributed by atoms with Gasteiger partial charge in [0, 0.05) is 11.5 Å². The predicted octanol–water partition coefficient (Wildman–Crippen LogP) is 7.45. The van der Waals surface area contributed by atoms with E-state index in [9.17, 15) is 9.59 Å². The molecule has 0 aliphatic carbocycles. The molecule has 0 aliphatic rings. The van der Waals surface area contributed by atoms with Crippen LogP contribution in [0.2, 0.25) is 0 Å². The molecule has 0 radical (unpaired) electrons. The maximum atomic E-state index is 11.6. The van der Waals surface area contributed by atoms with Crippen molar-refractivity contribution in [3.05, 3.63) is 97.1 Å². The third-order valence-corrected chi connectivity index (χ3v) is 7.09. The van der Waals surface area contributed by atoms with Crippen molar-refractivity contribution in [2.75, 3.05) is 24.7 Å². The fraction of sp³-hybridized carbons (Fsp3) is 0.200. The highest BCUT2D eigenvalue weighted by atomic mass is 32.2. The van der Waals surface area contributed by atoms with Gasteiger partial charge in [-0.1, -0.05) is 85.2 Å². The van der Waals surface area contributed by atoms with Gasteiger partial charge in [-0.25, -0.2) is 0 Å². The lowest BCUT2D eigenvalue weighted by atomic mass is 10.0. The van der Waals surface area contributed by atoms with Crippen molar-refractivity contribution < 1.29 is 19.1 Å². The first-order chi connectivity index (χ1) is 17.3. The minimum absolute atomic E-state index is 0.00422. The summed E-state index contributed by atoms with van der Waals surface area (Å²) < 4.78 is 11.5. The summed E-state index contributed by atoms with van der Waals surface area (Å²) >= 11 is 2.45. The highest BCUT2D eigenvalue weighted by Gasteiger charge is 2.06. The summed E-state index contributed by atoms with van der Waals surface area (Å²) in [6, 6.07) is 24.3. The largest absolute Gasteiger partial charge is 0.493 e. The molecule has 0 heterocycles. The van der Waals surface area contributed by atoms with E-state index in [4.69, 9.17) is 9.47 Å². The number of benzene rings is 3. The van der Waals surface area contributed by atoms with Crippen LogP contribution in [0.25, 0.3) is 22.3 Å². The zero-order chi connectivity index (χ0) is 25.9. The summed E-state index contributed by atoms with van der Waals surface area (Å²) in [5.41, 5.74) is 5.56. The molecule has 0 saturated carbocycles. The zero-order valence-electron chi connectivity index (χ0n) is 20.6. The lowest BCUT2D eigenvalue weighted by Crippen LogP contribution is -2.03. The van der Waals surface area contributed by atoms with E-state index in [2.05, 4.69) is 37.4 Å². The molecule has 0 saturated heterocycles. The van der Waals surface area contributed by atoms with Gasteiger partial charge >= 0.3 is 0 Å². The topological polar surface area (TPSA) is 52.6 Å². The van der Waals surface area contributed by atoms with E-state index >= 15 is 0 Å². The normalized spacial score (nSPS) is 10.5. The molecule has 3 aromatic carbocycles. The van der Waals surface area contributed by atoms with Crippen molar-refractivity contribution in [1.82, 2.24) is 0 Å². The van der Waals surface area contributed by atoms with Crippen LogP contribution in [0.4, 0.5) is 0 Å². The van der Waals surface area contributed by atoms with Crippen molar-refractivity contribution in [2.45, 2.75) is 13.8 Å². The zero-order valence-corrected chi connectivity index (χ0v) is 22.3. The number of hydrogen-bond donors (Lipinski definition) is 0. The Morgan fingerprint density at radius 2 is 0.861 bits per heavy atom. The predicted molar refractivity (Wildman–Crippen MR) is 153 cm³/mol. The van der Waals surface area contributed by atoms with Gasteiger partial charge in [-0.15, -0.1) is 0 Å². The molecule has 6 heteroatoms. The first-order valence-corrected chi connectivity index (χ1v) is 13.5. The van der Waals surface area contributed by atoms with Crippen molar-refractivity contribution in [2.24, 2.45) is 0 Å². The van der Waals surface area contributed by atoms with Gasteiger partial charge in [0.2, 0.25) is 10.2 Å². The van der Waals surface area contributed by atoms with E-state index < -0.39 is 0 Å². The molecule has 0 bridgehead atoms. The van der Waals surface area contributed by atoms with Crippen LogP contribution in [0.15, 0.2) is 97.1 Å². The fourth-order valence-electron chi connectivity index (χ4n) is 3.18. The molecular weight excluding hydrogens is 488 g/mol. The molecule has 0 N–H and O–H groups in total. The Kier molecular flexibility index (Phi) is 10.5. The van der Waals surface area contributed by atoms with E-state index in [1.54, 1.807) is 13.8 Å². The summed E-state index contributed by atoms with van der Waals surface area (Å²) in [6.07, 6.45) is 0. The quantitative estimate of drug-likeness (QED) is 0.183. The van der Waals surface area contributed by atoms with Crippen LogP contribution >= 0.6 is 23.5 Å². The number of thioether (sulfide) groups is 2. The Balaban J connectivity index is 1.49. The average molecular weight is 519 g/mol. The van der Waals surface area contributed by atoms with Gasteiger partial charge in [0.15, 0.2) is 0 Å². The molecule has 0 amide bonds. The summed E-state index contributed by atoms with van der Waals surface area (Å²) in [6.45, 7) is 11.7. The monoisotopic (exact) mass is 518 g/mol. The molecule has 0 unspecified atom stereocenters. The van der Waals surface area contributed by atoms with Crippen molar-refractivity contribution >= 4 is 33.8 Å². The van der Waals surface area contributed by atoms with Gasteiger partial charge in [0.25, 0.3) is 0 Å². The maximum absolute atomic E-state index is 11.6. The van der Waals surface area contributed by atoms with E-state index in [1.165, 1.54) is 23.5 Å². The van der Waals surface area contributed by atoms with Gasteiger partial charge in [-0.3, -0.25) is 9.59 Å². The van der Waals surface area contributed by atoms with Gasteiger partial charge in [0.1, 0.15) is 11.5 Å². The maximum Gasteiger partial charge on any atom is 0.214 e. The third kappa shape index (κ3) is 8.47. The number of carbonyl (C=O) groups is 2. The first-order valence-electron chi connectivity index (χ1n) is 11.6. The molecule has 0 fully saturated rings. The van der Waals surface area contributed by atoms with E-state index in [-0.39, 0.29) is 10.2 Å². The molecule has 186 valence electrons. The van der Waals surface area contributed by atoms with Gasteiger partial charge in [-0.05, 0) is 71.5 Å². The fourth-order valence-corrected chi connectivity index (χ4v) is 4.37. The molecule has 3 rings (SSSR count). The lowest BCUT2D eigenvalue weighted by Gasteiger charge is -2.09. The van der Waals surface area contributed by atoms with Crippen LogP contribution < -0.4 is 9.47 Å². The summed E-state index contributed by atoms with van der Waals surface area (Å²) in [4.78, 5) is 23.1. The highest BCUT2D eigenvalue weighted by Crippen LogP contribution is 2.27. The van der Waals surface area contributed by atoms with E-state index in [0.29, 0.717) is 35.9 Å². The molecule has 36 heavy (non-hydrogen) atoms. The Morgan fingerprint density at radius 1 is 0.583 bits per heavy atom. The van der Waals surface area contributed by atoms with Crippen LogP contribution in [-0.2, 0) is 9.59 Å². The minimum atomic E-state index is 0.00422. The average Bonchev–Trinajstić information content (AvgIpc) is 2.89. The van der Waals surface area contributed by atoms with Crippen LogP contribution in [0.1, 0.15) is 13.8 Å². The minimum Gasteiger partial charge on any atom is -0.493 e. The summed E-state index contributed by atoms with van der Waals surface area (Å²) in [7, 11) is 0. The second-order valence-corrected chi connectivity index (χ2v) is 10.3. The summed E-state index contributed by atoms with van der Waals surface area (Å²) in [5.74, 6) is 2.75. The van der Waals surface area contributed by atoms with Crippen LogP contribution in [-0.4, -0.2) is 35.0 Å². The number of rotatable bonds is 12. The number of hydrogen-bond acceptors (Lipinski definition) is 6.